The Morgan fingerprint density at radius 2 is 2.40 bits per heavy atom. The molecule has 0 atom stereocenters. The van der Waals surface area contributed by atoms with E-state index >= 15 is 0 Å². The monoisotopic (exact) mass is 134 g/mol. The third kappa shape index (κ3) is 0.727. The molecule has 52 valence electrons. The normalized spacial score (nSPS) is 15.2. The van der Waals surface area contributed by atoms with Crippen LogP contribution in [0.5, 0.6) is 0 Å². The van der Waals surface area contributed by atoms with Crippen LogP contribution in [-0.4, -0.2) is 4.98 Å². The van der Waals surface area contributed by atoms with E-state index < -0.39 is 0 Å². The van der Waals surface area contributed by atoms with Crippen LogP contribution < -0.4 is 5.73 Å². The van der Waals surface area contributed by atoms with Crippen LogP contribution in [0.25, 0.3) is 6.08 Å². The first kappa shape index (κ1) is 5.59. The third-order valence-corrected chi connectivity index (χ3v) is 1.82. The van der Waals surface area contributed by atoms with Crippen LogP contribution in [-0.2, 0) is 6.42 Å². The molecule has 3 N–H and O–H groups in total. The topological polar surface area (TPSA) is 41.8 Å². The quantitative estimate of drug-likeness (QED) is 0.555. The minimum absolute atomic E-state index is 0.775. The van der Waals surface area contributed by atoms with Crippen molar-refractivity contribution in [1.29, 1.82) is 0 Å². The first-order valence-electron chi connectivity index (χ1n) is 3.50. The number of rotatable bonds is 0. The number of fused-ring (bicyclic) bond motifs is 1. The number of aryl methyl sites for hydroxylation is 1. The van der Waals surface area contributed by atoms with Gasteiger partial charge in [0.15, 0.2) is 0 Å². The fourth-order valence-electron chi connectivity index (χ4n) is 1.33. The highest BCUT2D eigenvalue weighted by molar-refractivity contribution is 5.57. The summed E-state index contributed by atoms with van der Waals surface area (Å²) in [7, 11) is 0. The number of nitrogens with two attached hydrogens (primary N) is 1. The lowest BCUT2D eigenvalue weighted by Gasteiger charge is -2.01. The van der Waals surface area contributed by atoms with Gasteiger partial charge >= 0.3 is 0 Å². The molecule has 0 aromatic carbocycles. The van der Waals surface area contributed by atoms with Crippen LogP contribution in [0.15, 0.2) is 12.1 Å². The molecule has 0 spiro atoms. The maximum Gasteiger partial charge on any atom is 0.101 e. The number of H-pyrrole nitrogens is 1. The molecule has 2 nitrogen and oxygen atoms in total. The number of hydrogen-bond donors (Lipinski definition) is 2. The van der Waals surface area contributed by atoms with Crippen molar-refractivity contribution in [1.82, 2.24) is 4.98 Å². The molecule has 0 amide bonds. The molecule has 10 heavy (non-hydrogen) atoms. The molecule has 2 rings (SSSR count). The molecule has 0 radical (unpaired) electrons. The van der Waals surface area contributed by atoms with E-state index in [0.717, 1.165) is 18.7 Å². The Balaban J connectivity index is 2.53. The molecule has 0 fully saturated rings. The highest BCUT2D eigenvalue weighted by Gasteiger charge is 2.05. The Morgan fingerprint density at radius 3 is 3.20 bits per heavy atom. The summed E-state index contributed by atoms with van der Waals surface area (Å²) in [5.41, 5.74) is 8.10. The van der Waals surface area contributed by atoms with Gasteiger partial charge in [0.25, 0.3) is 0 Å². The molecule has 2 heteroatoms. The number of allylic oxidation sites excluding steroid dienone is 1. The maximum atomic E-state index is 5.57. The second-order valence-electron chi connectivity index (χ2n) is 2.60. The van der Waals surface area contributed by atoms with E-state index in [1.165, 1.54) is 11.3 Å². The van der Waals surface area contributed by atoms with Gasteiger partial charge in [-0.1, -0.05) is 6.08 Å². The van der Waals surface area contributed by atoms with Gasteiger partial charge in [-0.3, -0.25) is 0 Å². The first-order chi connectivity index (χ1) is 4.86. The minimum Gasteiger partial charge on any atom is -0.385 e. The van der Waals surface area contributed by atoms with Crippen LogP contribution in [0.1, 0.15) is 17.7 Å². The molecule has 0 bridgehead atoms. The van der Waals surface area contributed by atoms with Crippen molar-refractivity contribution in [3.8, 4) is 0 Å². The van der Waals surface area contributed by atoms with Gasteiger partial charge in [0.2, 0.25) is 0 Å². The summed E-state index contributed by atoms with van der Waals surface area (Å²) in [5.74, 6) is 0.775. The molecule has 0 saturated heterocycles. The van der Waals surface area contributed by atoms with Gasteiger partial charge in [0.1, 0.15) is 5.82 Å². The highest BCUT2D eigenvalue weighted by atomic mass is 14.8. The van der Waals surface area contributed by atoms with Crippen LogP contribution in [0, 0.1) is 0 Å². The Hall–Kier alpha value is -1.18. The van der Waals surface area contributed by atoms with Gasteiger partial charge < -0.3 is 10.7 Å². The Bertz CT molecular complexity index is 271. The van der Waals surface area contributed by atoms with Gasteiger partial charge in [0.05, 0.1) is 0 Å². The van der Waals surface area contributed by atoms with Crippen molar-refractivity contribution in [2.24, 2.45) is 0 Å². The second kappa shape index (κ2) is 1.90. The summed E-state index contributed by atoms with van der Waals surface area (Å²) in [5, 5.41) is 0. The molecule has 0 unspecified atom stereocenters. The molecular weight excluding hydrogens is 124 g/mol. The van der Waals surface area contributed by atoms with Gasteiger partial charge in [0, 0.05) is 5.69 Å². The Kier molecular flexibility index (Phi) is 1.07. The van der Waals surface area contributed by atoms with Crippen molar-refractivity contribution in [3.63, 3.8) is 0 Å². The Labute approximate surface area is 59.7 Å². The van der Waals surface area contributed by atoms with Crippen LogP contribution in [0.3, 0.4) is 0 Å². The van der Waals surface area contributed by atoms with Crippen molar-refractivity contribution in [3.05, 3.63) is 23.4 Å². The van der Waals surface area contributed by atoms with E-state index in [2.05, 4.69) is 17.1 Å². The number of anilines is 1. The summed E-state index contributed by atoms with van der Waals surface area (Å²) in [6, 6.07) is 2.01. The summed E-state index contributed by atoms with van der Waals surface area (Å²) in [4.78, 5) is 3.09. The lowest BCUT2D eigenvalue weighted by molar-refractivity contribution is 0.985. The summed E-state index contributed by atoms with van der Waals surface area (Å²) in [6.45, 7) is 0. The number of hydrogen-bond acceptors (Lipinski definition) is 1. The largest absolute Gasteiger partial charge is 0.385 e. The van der Waals surface area contributed by atoms with Crippen molar-refractivity contribution < 1.29 is 0 Å². The van der Waals surface area contributed by atoms with E-state index in [0.29, 0.717) is 0 Å². The SMILES string of the molecule is Nc1cc2c([nH]1)C=CCC2. The molecule has 0 saturated carbocycles. The smallest absolute Gasteiger partial charge is 0.101 e. The zero-order valence-electron chi connectivity index (χ0n) is 5.72. The predicted molar refractivity (Wildman–Crippen MR) is 42.6 cm³/mol. The third-order valence-electron chi connectivity index (χ3n) is 1.82. The number of nitrogen functional groups attached to an aromatic ring is 1. The second-order valence-corrected chi connectivity index (χ2v) is 2.60. The van der Waals surface area contributed by atoms with Gasteiger partial charge in [-0.2, -0.15) is 0 Å². The van der Waals surface area contributed by atoms with E-state index in [1.807, 2.05) is 6.07 Å². The van der Waals surface area contributed by atoms with E-state index in [-0.39, 0.29) is 0 Å². The minimum atomic E-state index is 0.775. The maximum absolute atomic E-state index is 5.57. The lowest BCUT2D eigenvalue weighted by Crippen LogP contribution is -1.89. The summed E-state index contributed by atoms with van der Waals surface area (Å²) < 4.78 is 0. The molecule has 1 aliphatic carbocycles. The molecule has 1 heterocycles. The predicted octanol–water partition coefficient (Wildman–Crippen LogP) is 1.56. The summed E-state index contributed by atoms with van der Waals surface area (Å²) in [6.07, 6.45) is 6.53. The van der Waals surface area contributed by atoms with Crippen LogP contribution in [0.2, 0.25) is 0 Å². The van der Waals surface area contributed by atoms with Gasteiger partial charge in [-0.25, -0.2) is 0 Å². The number of nitrogens with one attached hydrogen (secondary N) is 1. The number of aromatic amines is 1. The number of aromatic nitrogens is 1. The lowest BCUT2D eigenvalue weighted by atomic mass is 10.1. The zero-order chi connectivity index (χ0) is 6.97. The van der Waals surface area contributed by atoms with Gasteiger partial charge in [-0.15, -0.1) is 0 Å². The highest BCUT2D eigenvalue weighted by Crippen LogP contribution is 2.20. The average molecular weight is 134 g/mol. The van der Waals surface area contributed by atoms with Crippen molar-refractivity contribution >= 4 is 11.9 Å². The average Bonchev–Trinajstić information content (AvgIpc) is 2.27. The molecular formula is C8H10N2. The Morgan fingerprint density at radius 1 is 1.50 bits per heavy atom. The van der Waals surface area contributed by atoms with Crippen LogP contribution in [0.4, 0.5) is 5.82 Å². The first-order valence-corrected chi connectivity index (χ1v) is 3.50. The van der Waals surface area contributed by atoms with E-state index in [9.17, 15) is 0 Å². The van der Waals surface area contributed by atoms with E-state index in [4.69, 9.17) is 5.73 Å². The van der Waals surface area contributed by atoms with Crippen molar-refractivity contribution in [2.45, 2.75) is 12.8 Å². The van der Waals surface area contributed by atoms with E-state index in [1.54, 1.807) is 0 Å². The van der Waals surface area contributed by atoms with Gasteiger partial charge in [-0.05, 0) is 30.5 Å². The molecule has 1 aromatic rings. The van der Waals surface area contributed by atoms with Crippen LogP contribution >= 0.6 is 0 Å². The summed E-state index contributed by atoms with van der Waals surface area (Å²) >= 11 is 0. The standard InChI is InChI=1S/C8H10N2/c9-8-5-6-3-1-2-4-7(6)10-8/h2,4-5,10H,1,3,9H2. The molecule has 1 aliphatic rings. The fraction of sp³-hybridized carbons (Fsp3) is 0.250. The zero-order valence-corrected chi connectivity index (χ0v) is 5.72. The molecule has 1 aromatic heterocycles. The van der Waals surface area contributed by atoms with Crippen molar-refractivity contribution in [2.75, 3.05) is 5.73 Å². The fourth-order valence-corrected chi connectivity index (χ4v) is 1.33. The molecule has 0 aliphatic heterocycles.